The van der Waals surface area contributed by atoms with Gasteiger partial charge in [-0.25, -0.2) is 9.13 Å². The zero-order chi connectivity index (χ0) is 82.0. The van der Waals surface area contributed by atoms with Crippen molar-refractivity contribution < 1.29 is 80.2 Å². The van der Waals surface area contributed by atoms with Crippen molar-refractivity contribution in [2.75, 3.05) is 39.6 Å². The first-order valence-electron chi connectivity index (χ1n) is 48.0. The van der Waals surface area contributed by atoms with Gasteiger partial charge in [0.2, 0.25) is 0 Å². The number of phosphoric ester groups is 2. The molecule has 3 unspecified atom stereocenters. The van der Waals surface area contributed by atoms with Gasteiger partial charge in [-0.3, -0.25) is 37.3 Å². The molecule has 19 heteroatoms. The summed E-state index contributed by atoms with van der Waals surface area (Å²) < 4.78 is 69.1. The lowest BCUT2D eigenvalue weighted by atomic mass is 9.99. The van der Waals surface area contributed by atoms with Crippen LogP contribution in [0.5, 0.6) is 0 Å². The highest BCUT2D eigenvalue weighted by atomic mass is 31.2. The molecule has 112 heavy (non-hydrogen) atoms. The highest BCUT2D eigenvalue weighted by molar-refractivity contribution is 7.47. The SMILES string of the molecule is CCCCCCCCCCCCCCCCCCCCCCC(=O)OC[C@H](COP(=O)(O)OC[C@@H](O)COP(=O)(O)OC[C@@H](COC(=O)CCCCCCCCCCCCCC)OC(=O)CCCCCCCCCCCCCCCCCC(C)C)OC(=O)CCCCCCCCCCCCCCCCCCCCC(C)CC. The first-order valence-corrected chi connectivity index (χ1v) is 51.0. The third kappa shape index (κ3) is 84.5. The van der Waals surface area contributed by atoms with Crippen molar-refractivity contribution in [3.63, 3.8) is 0 Å². The summed E-state index contributed by atoms with van der Waals surface area (Å²) in [6.45, 7) is 9.81. The lowest BCUT2D eigenvalue weighted by Crippen LogP contribution is -2.30. The molecule has 0 heterocycles. The van der Waals surface area contributed by atoms with Crippen LogP contribution in [0, 0.1) is 11.8 Å². The maximum atomic E-state index is 13.2. The van der Waals surface area contributed by atoms with Crippen molar-refractivity contribution in [3.8, 4) is 0 Å². The molecular weight excluding hydrogens is 1450 g/mol. The molecule has 0 fully saturated rings. The fraction of sp³-hybridized carbons (Fsp3) is 0.957. The molecule has 0 saturated carbocycles. The molecule has 0 aliphatic carbocycles. The largest absolute Gasteiger partial charge is 0.472 e. The molecule has 6 atom stereocenters. The molecule has 0 amide bonds. The van der Waals surface area contributed by atoms with Gasteiger partial charge in [-0.2, -0.15) is 0 Å². The Balaban J connectivity index is 5.24. The van der Waals surface area contributed by atoms with Crippen LogP contribution in [0.25, 0.3) is 0 Å². The van der Waals surface area contributed by atoms with Crippen molar-refractivity contribution in [2.45, 2.75) is 522 Å². The zero-order valence-electron chi connectivity index (χ0n) is 74.0. The number of esters is 4. The predicted octanol–water partition coefficient (Wildman–Crippen LogP) is 29.0. The monoisotopic (exact) mass is 1630 g/mol. The Labute approximate surface area is 689 Å². The van der Waals surface area contributed by atoms with E-state index in [1.165, 1.54) is 321 Å². The molecule has 0 aromatic rings. The topological polar surface area (TPSA) is 237 Å². The van der Waals surface area contributed by atoms with Crippen molar-refractivity contribution >= 4 is 39.5 Å². The van der Waals surface area contributed by atoms with Gasteiger partial charge < -0.3 is 33.8 Å². The number of phosphoric acid groups is 2. The zero-order valence-corrected chi connectivity index (χ0v) is 75.8. The molecule has 0 aliphatic heterocycles. The van der Waals surface area contributed by atoms with Gasteiger partial charge in [-0.05, 0) is 37.5 Å². The summed E-state index contributed by atoms with van der Waals surface area (Å²) in [6.07, 6.45) is 79.1. The van der Waals surface area contributed by atoms with Crippen LogP contribution in [0.3, 0.4) is 0 Å². The summed E-state index contributed by atoms with van der Waals surface area (Å²) in [5, 5.41) is 10.7. The number of hydrogen-bond acceptors (Lipinski definition) is 15. The summed E-state index contributed by atoms with van der Waals surface area (Å²) in [5.41, 5.74) is 0. The second kappa shape index (κ2) is 84.1. The maximum Gasteiger partial charge on any atom is 0.472 e. The number of hydrogen-bond donors (Lipinski definition) is 3. The van der Waals surface area contributed by atoms with E-state index in [0.717, 1.165) is 102 Å². The Morgan fingerprint density at radius 3 is 0.679 bits per heavy atom. The van der Waals surface area contributed by atoms with Crippen LogP contribution < -0.4 is 0 Å². The van der Waals surface area contributed by atoms with Gasteiger partial charge in [0.15, 0.2) is 12.2 Å². The maximum absolute atomic E-state index is 13.2. The van der Waals surface area contributed by atoms with Gasteiger partial charge in [0.25, 0.3) is 0 Å². The molecule has 0 aromatic heterocycles. The fourth-order valence-electron chi connectivity index (χ4n) is 14.6. The van der Waals surface area contributed by atoms with Crippen molar-refractivity contribution in [1.29, 1.82) is 0 Å². The van der Waals surface area contributed by atoms with E-state index in [-0.39, 0.29) is 25.7 Å². The van der Waals surface area contributed by atoms with Gasteiger partial charge in [0.05, 0.1) is 26.4 Å². The van der Waals surface area contributed by atoms with Crippen LogP contribution in [0.4, 0.5) is 0 Å². The van der Waals surface area contributed by atoms with Gasteiger partial charge in [0, 0.05) is 25.7 Å². The average Bonchev–Trinajstić information content (AvgIpc) is 0.902. The molecule has 0 aromatic carbocycles. The minimum absolute atomic E-state index is 0.109. The average molecular weight is 1630 g/mol. The normalized spacial score (nSPS) is 13.9. The summed E-state index contributed by atoms with van der Waals surface area (Å²) in [5.74, 6) is -0.418. The minimum atomic E-state index is -4.97. The van der Waals surface area contributed by atoms with Gasteiger partial charge >= 0.3 is 39.5 Å². The summed E-state index contributed by atoms with van der Waals surface area (Å²) in [7, 11) is -9.94. The van der Waals surface area contributed by atoms with Gasteiger partial charge in [-0.15, -0.1) is 0 Å². The van der Waals surface area contributed by atoms with Crippen LogP contribution >= 0.6 is 15.6 Å². The van der Waals surface area contributed by atoms with E-state index in [4.69, 9.17) is 37.0 Å². The Kier molecular flexibility index (Phi) is 82.6. The molecule has 0 aliphatic rings. The second-order valence-corrected chi connectivity index (χ2v) is 37.0. The number of carbonyl (C=O) groups excluding carboxylic acids is 4. The third-order valence-corrected chi connectivity index (χ3v) is 24.2. The van der Waals surface area contributed by atoms with E-state index in [2.05, 4.69) is 41.5 Å². The Bertz CT molecular complexity index is 2130. The summed E-state index contributed by atoms with van der Waals surface area (Å²) in [6, 6.07) is 0. The number of aliphatic hydroxyl groups is 1. The van der Waals surface area contributed by atoms with Crippen LogP contribution in [0.1, 0.15) is 504 Å². The molecular formula is C93H182O17P2. The molecule has 17 nitrogen and oxygen atoms in total. The lowest BCUT2D eigenvalue weighted by Gasteiger charge is -2.21. The van der Waals surface area contributed by atoms with E-state index in [1.54, 1.807) is 0 Å². The smallest absolute Gasteiger partial charge is 0.462 e. The standard InChI is InChI=1S/C93H182O17P2/c1-7-10-12-14-16-18-20-22-23-24-25-26-30-35-40-46-52-58-64-70-76-91(96)104-82-89(110-92(97)77-71-65-59-53-47-41-36-31-28-27-29-34-39-44-50-56-62-68-74-86(6)9-3)84-108-112(101,102)106-80-87(94)79-105-111(99,100)107-83-88(81-103-90(95)75-69-63-57-51-45-21-19-17-15-13-11-8-2)109-93(98)78-72-66-60-54-48-42-37-32-33-38-43-49-55-61-67-73-85(4)5/h85-89,94H,7-84H2,1-6H3,(H,99,100)(H,101,102)/t86?,87-,88+,89+/m0/s1. The Hall–Kier alpha value is -1.94. The number of ether oxygens (including phenoxy) is 4. The third-order valence-electron chi connectivity index (χ3n) is 22.3. The highest BCUT2D eigenvalue weighted by Gasteiger charge is 2.31. The van der Waals surface area contributed by atoms with Crippen LogP contribution in [0.2, 0.25) is 0 Å². The summed E-state index contributed by atoms with van der Waals surface area (Å²) >= 11 is 0. The van der Waals surface area contributed by atoms with Crippen LogP contribution in [-0.4, -0.2) is 96.7 Å². The van der Waals surface area contributed by atoms with E-state index < -0.39 is 97.5 Å². The van der Waals surface area contributed by atoms with Crippen LogP contribution in [0.15, 0.2) is 0 Å². The summed E-state index contributed by atoms with van der Waals surface area (Å²) in [4.78, 5) is 73.5. The minimum Gasteiger partial charge on any atom is -0.462 e. The lowest BCUT2D eigenvalue weighted by molar-refractivity contribution is -0.161. The van der Waals surface area contributed by atoms with E-state index in [1.807, 2.05) is 0 Å². The molecule has 0 radical (unpaired) electrons. The molecule has 0 spiro atoms. The van der Waals surface area contributed by atoms with Crippen molar-refractivity contribution in [2.24, 2.45) is 11.8 Å². The Morgan fingerprint density at radius 2 is 0.455 bits per heavy atom. The quantitative estimate of drug-likeness (QED) is 0.0222. The first kappa shape index (κ1) is 110. The van der Waals surface area contributed by atoms with Gasteiger partial charge in [-0.1, -0.05) is 452 Å². The second-order valence-electron chi connectivity index (χ2n) is 34.1. The van der Waals surface area contributed by atoms with Crippen LogP contribution in [-0.2, 0) is 65.4 Å². The molecule has 0 bridgehead atoms. The van der Waals surface area contributed by atoms with E-state index in [0.29, 0.717) is 25.7 Å². The Morgan fingerprint density at radius 1 is 0.259 bits per heavy atom. The van der Waals surface area contributed by atoms with E-state index >= 15 is 0 Å². The molecule has 0 rings (SSSR count). The van der Waals surface area contributed by atoms with Gasteiger partial charge in [0.1, 0.15) is 19.3 Å². The number of unbranched alkanes of at least 4 members (excludes halogenated alkanes) is 61. The van der Waals surface area contributed by atoms with E-state index in [9.17, 15) is 43.2 Å². The first-order chi connectivity index (χ1) is 54.4. The number of aliphatic hydroxyl groups excluding tert-OH is 1. The fourth-order valence-corrected chi connectivity index (χ4v) is 16.2. The number of carbonyl (C=O) groups is 4. The number of rotatable bonds is 92. The van der Waals surface area contributed by atoms with Crippen molar-refractivity contribution in [3.05, 3.63) is 0 Å². The molecule has 3 N–H and O–H groups in total. The highest BCUT2D eigenvalue weighted by Crippen LogP contribution is 2.45. The molecule has 666 valence electrons. The predicted molar refractivity (Wildman–Crippen MR) is 465 cm³/mol. The molecule has 0 saturated heterocycles. The van der Waals surface area contributed by atoms with Crippen molar-refractivity contribution in [1.82, 2.24) is 0 Å².